The zero-order valence-corrected chi connectivity index (χ0v) is 50.6. The fraction of sp³-hybridized carbons (Fsp3) is 1.00. The second-order valence-electron chi connectivity index (χ2n) is 18.1. The Hall–Kier alpha value is 1.17. The minimum atomic E-state index is -4.07. The summed E-state index contributed by atoms with van der Waals surface area (Å²) < 4.78 is 68.4. The summed E-state index contributed by atoms with van der Waals surface area (Å²) in [6.07, 6.45) is 40.4. The van der Waals surface area contributed by atoms with Crippen molar-refractivity contribution in [3.8, 4) is 0 Å². The number of unbranched alkanes of at least 4 members (excludes halogenated alkanes) is 30. The van der Waals surface area contributed by atoms with Crippen LogP contribution in [-0.4, -0.2) is 45.7 Å². The van der Waals surface area contributed by atoms with Gasteiger partial charge in [-0.25, -0.2) is 0 Å². The van der Waals surface area contributed by atoms with Crippen LogP contribution in [-0.2, 0) is 68.8 Å². The van der Waals surface area contributed by atoms with Crippen molar-refractivity contribution < 1.29 is 83.5 Å². The quantitative estimate of drug-likeness (QED) is 0.0414. The van der Waals surface area contributed by atoms with Crippen LogP contribution in [0.15, 0.2) is 0 Å². The summed E-state index contributed by atoms with van der Waals surface area (Å²) >= 11 is 1.16. The van der Waals surface area contributed by atoms with Gasteiger partial charge in [-0.05, 0) is 38.5 Å². The number of hydrogen-bond acceptors (Lipinski definition) is 13. The molecule has 0 aliphatic rings. The molecule has 0 aliphatic carbocycles. The summed E-state index contributed by atoms with van der Waals surface area (Å²) in [6, 6.07) is 0. The predicted molar refractivity (Wildman–Crippen MR) is 275 cm³/mol. The summed E-state index contributed by atoms with van der Waals surface area (Å²) in [4.78, 5) is 34.5. The molecule has 0 unspecified atom stereocenters. The molecule has 0 aromatic carbocycles. The Bertz CT molecular complexity index is 905. The molecule has 0 aliphatic heterocycles. The van der Waals surface area contributed by atoms with E-state index in [1.807, 2.05) is 13.8 Å². The molecule has 0 fully saturated rings. The van der Waals surface area contributed by atoms with Crippen LogP contribution >= 0.6 is 23.5 Å². The Morgan fingerprint density at radius 3 is 0.529 bits per heavy atom. The largest absolute Gasteiger partial charge is 0.756 e. The molecule has 0 aromatic rings. The first-order chi connectivity index (χ1) is 32.6. The SMILES string of the molecule is CC(C)[O][Zr+3].CCCCCCCCOP(=O)([O-])OCCCCCCCC.CCCCCCCCOP(=O)([O-])OCCCCCCCC.CCCCCCCCOP(=O)([O-])OCCCCCCCC. The third-order valence-electron chi connectivity index (χ3n) is 10.7. The number of phosphoric acid groups is 3. The molecule has 0 aromatic heterocycles. The zero-order valence-electron chi connectivity index (χ0n) is 45.4. The maximum Gasteiger partial charge on any atom is 0.267 e. The van der Waals surface area contributed by atoms with E-state index < -0.39 is 23.5 Å². The van der Waals surface area contributed by atoms with E-state index in [4.69, 9.17) is 30.0 Å². The van der Waals surface area contributed by atoms with E-state index in [0.29, 0.717) is 6.10 Å². The first-order valence-corrected chi connectivity index (χ1v) is 33.1. The Morgan fingerprint density at radius 1 is 0.294 bits per heavy atom. The molecule has 17 heteroatoms. The predicted octanol–water partition coefficient (Wildman–Crippen LogP) is 16.5. The summed E-state index contributed by atoms with van der Waals surface area (Å²) in [7, 11) is -12.2. The molecule has 0 saturated carbocycles. The molecular formula is C51H109O13P3Zr. The Labute approximate surface area is 436 Å². The van der Waals surface area contributed by atoms with Crippen molar-refractivity contribution in [2.24, 2.45) is 0 Å². The van der Waals surface area contributed by atoms with Crippen LogP contribution in [0.2, 0.25) is 0 Å². The molecule has 0 saturated heterocycles. The fourth-order valence-electron chi connectivity index (χ4n) is 6.46. The van der Waals surface area contributed by atoms with Crippen molar-refractivity contribution >= 4 is 23.5 Å². The molecule has 0 radical (unpaired) electrons. The van der Waals surface area contributed by atoms with Crippen molar-refractivity contribution in [2.75, 3.05) is 39.6 Å². The summed E-state index contributed by atoms with van der Waals surface area (Å²) in [5.74, 6) is 0. The smallest absolute Gasteiger partial charge is 0.267 e. The number of hydrogen-bond donors (Lipinski definition) is 0. The second-order valence-corrected chi connectivity index (χ2v) is 22.9. The van der Waals surface area contributed by atoms with Crippen LogP contribution in [0.5, 0.6) is 0 Å². The van der Waals surface area contributed by atoms with E-state index >= 15 is 0 Å². The van der Waals surface area contributed by atoms with Gasteiger partial charge in [-0.3, -0.25) is 13.7 Å². The molecular weight excluding hydrogens is 1000 g/mol. The van der Waals surface area contributed by atoms with E-state index in [1.54, 1.807) is 0 Å². The zero-order chi connectivity index (χ0) is 51.7. The van der Waals surface area contributed by atoms with E-state index in [0.717, 1.165) is 141 Å². The third-order valence-corrected chi connectivity index (χ3v) is 14.9. The molecule has 0 heterocycles. The van der Waals surface area contributed by atoms with E-state index in [2.05, 4.69) is 41.5 Å². The van der Waals surface area contributed by atoms with Gasteiger partial charge in [-0.2, -0.15) is 0 Å². The van der Waals surface area contributed by atoms with Crippen molar-refractivity contribution in [2.45, 2.75) is 293 Å². The summed E-state index contributed by atoms with van der Waals surface area (Å²) in [5, 5.41) is 0. The van der Waals surface area contributed by atoms with Crippen LogP contribution in [0.3, 0.4) is 0 Å². The van der Waals surface area contributed by atoms with E-state index in [-0.39, 0.29) is 39.6 Å². The topological polar surface area (TPSA) is 185 Å². The molecule has 0 bridgehead atoms. The molecule has 0 N–H and O–H groups in total. The van der Waals surface area contributed by atoms with Gasteiger partial charge in [-0.15, -0.1) is 0 Å². The fourth-order valence-corrected chi connectivity index (χ4v) is 8.80. The number of phosphoric ester groups is 3. The van der Waals surface area contributed by atoms with Gasteiger partial charge in [0, 0.05) is 0 Å². The molecule has 68 heavy (non-hydrogen) atoms. The van der Waals surface area contributed by atoms with Gasteiger partial charge in [0.25, 0.3) is 23.5 Å². The van der Waals surface area contributed by atoms with Crippen molar-refractivity contribution in [1.29, 1.82) is 0 Å². The minimum absolute atomic E-state index is 0.253. The maximum atomic E-state index is 11.5. The molecule has 0 amide bonds. The van der Waals surface area contributed by atoms with E-state index in [9.17, 15) is 28.4 Å². The van der Waals surface area contributed by atoms with Crippen LogP contribution in [0.1, 0.15) is 287 Å². The second kappa shape index (κ2) is 60.7. The van der Waals surface area contributed by atoms with Gasteiger partial charge >= 0.3 is 47.9 Å². The van der Waals surface area contributed by atoms with Crippen LogP contribution in [0, 0.1) is 0 Å². The van der Waals surface area contributed by atoms with E-state index in [1.165, 1.54) is 116 Å². The standard InChI is InChI=1S/3C16H35O4P.C3H7O.Zr/c3*1-3-5-7-9-11-13-15-19-21(17,18)20-16-14-12-10-8-6-4-2;1-3(2)4;/h3*3-16H2,1-2H3,(H,17,18);3H,1-2H3;/q;;;-1;+4/p-3. The normalized spacial score (nSPS) is 11.8. The van der Waals surface area contributed by atoms with Crippen LogP contribution < -0.4 is 14.7 Å². The molecule has 0 spiro atoms. The monoisotopic (exact) mass is 1110 g/mol. The van der Waals surface area contributed by atoms with Gasteiger partial charge in [0.05, 0.1) is 39.6 Å². The average molecular weight is 1110 g/mol. The Morgan fingerprint density at radius 2 is 0.412 bits per heavy atom. The third kappa shape index (κ3) is 73.7. The molecule has 0 atom stereocenters. The molecule has 410 valence electrons. The van der Waals surface area contributed by atoms with Gasteiger partial charge in [0.2, 0.25) is 0 Å². The first-order valence-electron chi connectivity index (χ1n) is 27.8. The first kappa shape index (κ1) is 75.7. The van der Waals surface area contributed by atoms with Crippen LogP contribution in [0.4, 0.5) is 0 Å². The molecule has 0 rings (SSSR count). The minimum Gasteiger partial charge on any atom is -0.756 e. The average Bonchev–Trinajstić information content (AvgIpc) is 3.30. The van der Waals surface area contributed by atoms with Gasteiger partial charge in [0.1, 0.15) is 0 Å². The van der Waals surface area contributed by atoms with Crippen molar-refractivity contribution in [3.63, 3.8) is 0 Å². The van der Waals surface area contributed by atoms with Crippen molar-refractivity contribution in [1.82, 2.24) is 0 Å². The Kier molecular flexibility index (Phi) is 67.6. The summed E-state index contributed by atoms with van der Waals surface area (Å²) in [6.45, 7) is 18.6. The number of rotatable bonds is 49. The van der Waals surface area contributed by atoms with Gasteiger partial charge in [0.15, 0.2) is 0 Å². The van der Waals surface area contributed by atoms with Crippen molar-refractivity contribution in [3.05, 3.63) is 0 Å². The maximum absolute atomic E-state index is 11.5. The van der Waals surface area contributed by atoms with Crippen LogP contribution in [0.25, 0.3) is 0 Å². The van der Waals surface area contributed by atoms with Gasteiger partial charge in [-0.1, -0.05) is 234 Å². The molecule has 13 nitrogen and oxygen atoms in total. The van der Waals surface area contributed by atoms with Gasteiger partial charge < -0.3 is 41.8 Å². The Balaban J connectivity index is -0.000000429. The summed E-state index contributed by atoms with van der Waals surface area (Å²) in [5.41, 5.74) is 0.